The molecule has 108 valence electrons. The molecule has 0 aromatic heterocycles. The van der Waals surface area contributed by atoms with Crippen LogP contribution < -0.4 is 4.74 Å². The topological polar surface area (TPSA) is 49.7 Å². The molecule has 0 aliphatic rings. The van der Waals surface area contributed by atoms with E-state index in [1.165, 1.54) is 0 Å². The van der Waals surface area contributed by atoms with Crippen LogP contribution in [-0.4, -0.2) is 15.8 Å². The molecular formula is C18H18O3. The molecule has 0 heterocycles. The summed E-state index contributed by atoms with van der Waals surface area (Å²) in [5.74, 6) is 0.870. The average Bonchev–Trinajstić information content (AvgIpc) is 2.43. The molecule has 0 aliphatic carbocycles. The number of rotatable bonds is 1. The van der Waals surface area contributed by atoms with E-state index in [9.17, 15) is 10.2 Å². The molecule has 2 N–H and O–H groups in total. The zero-order valence-electron chi connectivity index (χ0n) is 12.3. The summed E-state index contributed by atoms with van der Waals surface area (Å²) in [5, 5.41) is 23.5. The van der Waals surface area contributed by atoms with E-state index >= 15 is 0 Å². The van der Waals surface area contributed by atoms with Gasteiger partial charge in [-0.25, -0.2) is 0 Å². The van der Waals surface area contributed by atoms with E-state index in [-0.39, 0.29) is 17.1 Å². The third-order valence-electron chi connectivity index (χ3n) is 3.37. The highest BCUT2D eigenvalue weighted by Crippen LogP contribution is 2.45. The first-order valence-corrected chi connectivity index (χ1v) is 6.93. The number of benzene rings is 3. The van der Waals surface area contributed by atoms with Crippen molar-refractivity contribution in [1.29, 1.82) is 0 Å². The summed E-state index contributed by atoms with van der Waals surface area (Å²) in [6.07, 6.45) is 0. The molecule has 0 spiro atoms. The van der Waals surface area contributed by atoms with Gasteiger partial charge in [0.15, 0.2) is 0 Å². The zero-order valence-corrected chi connectivity index (χ0v) is 12.3. The standard InChI is InChI=1S/C18H18O3/c1-18(2,3)21-14-10-6-9-13-15(14)17(20)12-8-5-4-7-11(12)16(13)19/h4-10,19-20H,1-3H3. The fourth-order valence-electron chi connectivity index (χ4n) is 2.56. The van der Waals surface area contributed by atoms with Crippen LogP contribution >= 0.6 is 0 Å². The van der Waals surface area contributed by atoms with Crippen molar-refractivity contribution in [1.82, 2.24) is 0 Å². The van der Waals surface area contributed by atoms with Crippen molar-refractivity contribution in [3.05, 3.63) is 42.5 Å². The van der Waals surface area contributed by atoms with Crippen molar-refractivity contribution < 1.29 is 14.9 Å². The predicted molar refractivity (Wildman–Crippen MR) is 85.2 cm³/mol. The summed E-state index contributed by atoms with van der Waals surface area (Å²) >= 11 is 0. The molecule has 0 amide bonds. The van der Waals surface area contributed by atoms with Gasteiger partial charge in [0, 0.05) is 16.2 Å². The second kappa shape index (κ2) is 4.55. The molecule has 0 atom stereocenters. The summed E-state index contributed by atoms with van der Waals surface area (Å²) in [4.78, 5) is 0. The van der Waals surface area contributed by atoms with Crippen molar-refractivity contribution in [3.8, 4) is 17.2 Å². The van der Waals surface area contributed by atoms with Gasteiger partial charge in [-0.1, -0.05) is 36.4 Å². The first-order valence-electron chi connectivity index (χ1n) is 6.93. The lowest BCUT2D eigenvalue weighted by Gasteiger charge is -2.23. The van der Waals surface area contributed by atoms with E-state index in [1.54, 1.807) is 18.2 Å². The van der Waals surface area contributed by atoms with Crippen LogP contribution in [0.25, 0.3) is 21.5 Å². The minimum absolute atomic E-state index is 0.137. The highest BCUT2D eigenvalue weighted by molar-refractivity contribution is 6.12. The average molecular weight is 282 g/mol. The van der Waals surface area contributed by atoms with E-state index in [0.29, 0.717) is 27.3 Å². The first kappa shape index (κ1) is 13.6. The SMILES string of the molecule is CC(C)(C)Oc1cccc2c(O)c3ccccc3c(O)c12. The van der Waals surface area contributed by atoms with E-state index in [4.69, 9.17) is 4.74 Å². The van der Waals surface area contributed by atoms with Crippen molar-refractivity contribution in [2.24, 2.45) is 0 Å². The Morgan fingerprint density at radius 1 is 0.762 bits per heavy atom. The van der Waals surface area contributed by atoms with Crippen LogP contribution in [0.1, 0.15) is 20.8 Å². The quantitative estimate of drug-likeness (QED) is 0.507. The molecule has 3 aromatic carbocycles. The summed E-state index contributed by atoms with van der Waals surface area (Å²) in [6.45, 7) is 5.84. The van der Waals surface area contributed by atoms with Crippen LogP contribution in [0.15, 0.2) is 42.5 Å². The van der Waals surface area contributed by atoms with Crippen molar-refractivity contribution in [3.63, 3.8) is 0 Å². The normalized spacial score (nSPS) is 12.0. The van der Waals surface area contributed by atoms with Crippen LogP contribution in [-0.2, 0) is 0 Å². The lowest BCUT2D eigenvalue weighted by atomic mass is 10.00. The Morgan fingerprint density at radius 2 is 1.33 bits per heavy atom. The van der Waals surface area contributed by atoms with Gasteiger partial charge in [0.2, 0.25) is 0 Å². The van der Waals surface area contributed by atoms with E-state index in [2.05, 4.69) is 0 Å². The van der Waals surface area contributed by atoms with E-state index < -0.39 is 0 Å². The fraction of sp³-hybridized carbons (Fsp3) is 0.222. The Kier molecular flexibility index (Phi) is 2.94. The van der Waals surface area contributed by atoms with Gasteiger partial charge >= 0.3 is 0 Å². The second-order valence-corrected chi connectivity index (χ2v) is 6.14. The maximum atomic E-state index is 10.6. The molecule has 3 rings (SSSR count). The predicted octanol–water partition coefficient (Wildman–Crippen LogP) is 4.58. The Labute approximate surface area is 123 Å². The minimum atomic E-state index is -0.387. The van der Waals surface area contributed by atoms with Crippen molar-refractivity contribution >= 4 is 21.5 Å². The molecule has 0 saturated heterocycles. The summed E-state index contributed by atoms with van der Waals surface area (Å²) in [5.41, 5.74) is -0.387. The van der Waals surface area contributed by atoms with Gasteiger partial charge < -0.3 is 14.9 Å². The Hall–Kier alpha value is -2.42. The molecule has 0 fully saturated rings. The van der Waals surface area contributed by atoms with Crippen LogP contribution in [0, 0.1) is 0 Å². The van der Waals surface area contributed by atoms with Crippen LogP contribution in [0.3, 0.4) is 0 Å². The molecule has 3 nitrogen and oxygen atoms in total. The number of hydrogen-bond acceptors (Lipinski definition) is 3. The zero-order chi connectivity index (χ0) is 15.2. The maximum Gasteiger partial charge on any atom is 0.135 e. The summed E-state index contributed by atoms with van der Waals surface area (Å²) in [7, 11) is 0. The van der Waals surface area contributed by atoms with Crippen molar-refractivity contribution in [2.75, 3.05) is 0 Å². The minimum Gasteiger partial charge on any atom is -0.507 e. The number of fused-ring (bicyclic) bond motifs is 2. The number of ether oxygens (including phenoxy) is 1. The number of phenols is 2. The van der Waals surface area contributed by atoms with Crippen LogP contribution in [0.2, 0.25) is 0 Å². The lowest BCUT2D eigenvalue weighted by molar-refractivity contribution is 0.133. The lowest BCUT2D eigenvalue weighted by Crippen LogP contribution is -2.23. The summed E-state index contributed by atoms with van der Waals surface area (Å²) in [6, 6.07) is 12.7. The van der Waals surface area contributed by atoms with Crippen LogP contribution in [0.4, 0.5) is 0 Å². The summed E-state index contributed by atoms with van der Waals surface area (Å²) < 4.78 is 5.93. The molecule has 0 saturated carbocycles. The van der Waals surface area contributed by atoms with Crippen molar-refractivity contribution in [2.45, 2.75) is 26.4 Å². The van der Waals surface area contributed by atoms with Gasteiger partial charge in [-0.3, -0.25) is 0 Å². The highest BCUT2D eigenvalue weighted by atomic mass is 16.5. The first-order chi connectivity index (χ1) is 9.88. The number of aromatic hydroxyl groups is 2. The fourth-order valence-corrected chi connectivity index (χ4v) is 2.56. The highest BCUT2D eigenvalue weighted by Gasteiger charge is 2.19. The molecule has 21 heavy (non-hydrogen) atoms. The molecule has 3 aromatic rings. The molecule has 0 radical (unpaired) electrons. The van der Waals surface area contributed by atoms with Gasteiger partial charge in [0.25, 0.3) is 0 Å². The third-order valence-corrected chi connectivity index (χ3v) is 3.37. The van der Waals surface area contributed by atoms with Gasteiger partial charge in [-0.15, -0.1) is 0 Å². The number of phenolic OH excluding ortho intramolecular Hbond substituents is 2. The Morgan fingerprint density at radius 3 is 1.95 bits per heavy atom. The molecule has 3 heteroatoms. The van der Waals surface area contributed by atoms with E-state index in [0.717, 1.165) is 0 Å². The molecule has 0 aliphatic heterocycles. The van der Waals surface area contributed by atoms with Gasteiger partial charge in [-0.2, -0.15) is 0 Å². The van der Waals surface area contributed by atoms with Gasteiger partial charge in [0.05, 0.1) is 5.39 Å². The van der Waals surface area contributed by atoms with Crippen LogP contribution in [0.5, 0.6) is 17.2 Å². The van der Waals surface area contributed by atoms with E-state index in [1.807, 2.05) is 45.0 Å². The van der Waals surface area contributed by atoms with Gasteiger partial charge in [-0.05, 0) is 26.8 Å². The molecule has 0 unspecified atom stereocenters. The second-order valence-electron chi connectivity index (χ2n) is 6.14. The largest absolute Gasteiger partial charge is 0.507 e. The smallest absolute Gasteiger partial charge is 0.135 e. The molecular weight excluding hydrogens is 264 g/mol. The Bertz CT molecular complexity index is 829. The number of hydrogen-bond donors (Lipinski definition) is 2. The Balaban J connectivity index is 2.43. The molecule has 0 bridgehead atoms. The third kappa shape index (κ3) is 2.25. The monoisotopic (exact) mass is 282 g/mol. The van der Waals surface area contributed by atoms with Gasteiger partial charge in [0.1, 0.15) is 22.8 Å². The maximum absolute atomic E-state index is 10.6.